The summed E-state index contributed by atoms with van der Waals surface area (Å²) in [7, 11) is 4.20. The van der Waals surface area contributed by atoms with Crippen molar-refractivity contribution in [3.63, 3.8) is 0 Å². The SMILES string of the molecule is Cc1ccc(C(N)C(C)SCCN(C)C)cc1. The zero-order chi connectivity index (χ0) is 12.8. The van der Waals surface area contributed by atoms with Gasteiger partial charge >= 0.3 is 0 Å². The summed E-state index contributed by atoms with van der Waals surface area (Å²) in [5.41, 5.74) is 8.79. The van der Waals surface area contributed by atoms with Gasteiger partial charge in [-0.3, -0.25) is 0 Å². The molecule has 0 aromatic heterocycles. The average molecular weight is 252 g/mol. The van der Waals surface area contributed by atoms with E-state index in [-0.39, 0.29) is 6.04 Å². The van der Waals surface area contributed by atoms with Crippen LogP contribution in [0.4, 0.5) is 0 Å². The summed E-state index contributed by atoms with van der Waals surface area (Å²) in [6.45, 7) is 5.42. The second-order valence-electron chi connectivity index (χ2n) is 4.82. The summed E-state index contributed by atoms with van der Waals surface area (Å²) in [6, 6.07) is 8.67. The van der Waals surface area contributed by atoms with E-state index >= 15 is 0 Å². The van der Waals surface area contributed by atoms with E-state index in [2.05, 4.69) is 57.1 Å². The van der Waals surface area contributed by atoms with Crippen LogP contribution in [-0.4, -0.2) is 36.5 Å². The molecule has 96 valence electrons. The van der Waals surface area contributed by atoms with Crippen LogP contribution in [0.25, 0.3) is 0 Å². The minimum absolute atomic E-state index is 0.128. The molecule has 2 unspecified atom stereocenters. The summed E-state index contributed by atoms with van der Waals surface area (Å²) >= 11 is 1.95. The molecule has 0 aliphatic rings. The Morgan fingerprint density at radius 1 is 1.24 bits per heavy atom. The van der Waals surface area contributed by atoms with E-state index in [1.54, 1.807) is 0 Å². The van der Waals surface area contributed by atoms with Crippen molar-refractivity contribution >= 4 is 11.8 Å². The number of nitrogens with two attached hydrogens (primary N) is 1. The van der Waals surface area contributed by atoms with Gasteiger partial charge in [-0.1, -0.05) is 36.8 Å². The van der Waals surface area contributed by atoms with Crippen LogP contribution >= 0.6 is 11.8 Å². The van der Waals surface area contributed by atoms with Gasteiger partial charge in [-0.05, 0) is 26.6 Å². The standard InChI is InChI=1S/C14H24N2S/c1-11-5-7-13(8-6-11)14(15)12(2)17-10-9-16(3)4/h5-8,12,14H,9-10,15H2,1-4H3. The molecule has 0 saturated heterocycles. The number of hydrogen-bond acceptors (Lipinski definition) is 3. The number of benzene rings is 1. The number of thioether (sulfide) groups is 1. The highest BCUT2D eigenvalue weighted by Gasteiger charge is 2.14. The van der Waals surface area contributed by atoms with Gasteiger partial charge in [0.05, 0.1) is 0 Å². The Morgan fingerprint density at radius 3 is 2.35 bits per heavy atom. The highest BCUT2D eigenvalue weighted by Crippen LogP contribution is 2.24. The number of nitrogens with zero attached hydrogens (tertiary/aromatic N) is 1. The molecule has 0 radical (unpaired) electrons. The van der Waals surface area contributed by atoms with Gasteiger partial charge in [0, 0.05) is 23.6 Å². The molecular formula is C14H24N2S. The maximum atomic E-state index is 6.27. The summed E-state index contributed by atoms with van der Waals surface area (Å²) < 4.78 is 0. The number of rotatable bonds is 6. The van der Waals surface area contributed by atoms with Crippen molar-refractivity contribution in [1.29, 1.82) is 0 Å². The Kier molecular flexibility index (Phi) is 6.03. The number of hydrogen-bond donors (Lipinski definition) is 1. The van der Waals surface area contributed by atoms with E-state index in [0.717, 1.165) is 12.3 Å². The van der Waals surface area contributed by atoms with Gasteiger partial charge in [0.15, 0.2) is 0 Å². The predicted molar refractivity (Wildman–Crippen MR) is 78.6 cm³/mol. The first-order valence-corrected chi connectivity index (χ1v) is 7.14. The molecule has 1 aromatic carbocycles. The Morgan fingerprint density at radius 2 is 1.82 bits per heavy atom. The van der Waals surface area contributed by atoms with E-state index in [1.807, 2.05) is 11.8 Å². The zero-order valence-corrected chi connectivity index (χ0v) is 12.1. The van der Waals surface area contributed by atoms with E-state index in [1.165, 1.54) is 11.1 Å². The molecule has 0 bridgehead atoms. The lowest BCUT2D eigenvalue weighted by molar-refractivity contribution is 0.437. The van der Waals surface area contributed by atoms with E-state index in [4.69, 9.17) is 5.73 Å². The molecule has 1 aromatic rings. The molecule has 0 saturated carbocycles. The molecule has 2 nitrogen and oxygen atoms in total. The smallest absolute Gasteiger partial charge is 0.0412 e. The lowest BCUT2D eigenvalue weighted by atomic mass is 10.0. The third kappa shape index (κ3) is 5.11. The highest BCUT2D eigenvalue weighted by atomic mass is 32.2. The van der Waals surface area contributed by atoms with Crippen molar-refractivity contribution in [2.75, 3.05) is 26.4 Å². The molecule has 1 rings (SSSR count). The third-order valence-corrected chi connectivity index (χ3v) is 4.12. The van der Waals surface area contributed by atoms with Crippen LogP contribution in [0.1, 0.15) is 24.1 Å². The van der Waals surface area contributed by atoms with Crippen molar-refractivity contribution in [2.24, 2.45) is 5.73 Å². The Balaban J connectivity index is 2.45. The van der Waals surface area contributed by atoms with Gasteiger partial charge in [0.25, 0.3) is 0 Å². The zero-order valence-electron chi connectivity index (χ0n) is 11.3. The Hall–Kier alpha value is -0.510. The van der Waals surface area contributed by atoms with Crippen LogP contribution < -0.4 is 5.73 Å². The largest absolute Gasteiger partial charge is 0.323 e. The molecular weight excluding hydrogens is 228 g/mol. The molecule has 0 aliphatic carbocycles. The quantitative estimate of drug-likeness (QED) is 0.844. The molecule has 0 amide bonds. The first-order valence-electron chi connectivity index (χ1n) is 6.09. The molecule has 0 spiro atoms. The van der Waals surface area contributed by atoms with Gasteiger partial charge in [0.2, 0.25) is 0 Å². The molecule has 2 atom stereocenters. The summed E-state index contributed by atoms with van der Waals surface area (Å²) in [5, 5.41) is 0.456. The van der Waals surface area contributed by atoms with Crippen molar-refractivity contribution in [2.45, 2.75) is 25.1 Å². The summed E-state index contributed by atoms with van der Waals surface area (Å²) in [6.07, 6.45) is 0. The van der Waals surface area contributed by atoms with Crippen molar-refractivity contribution in [3.05, 3.63) is 35.4 Å². The molecule has 0 aliphatic heterocycles. The van der Waals surface area contributed by atoms with E-state index in [0.29, 0.717) is 5.25 Å². The molecule has 0 heterocycles. The molecule has 17 heavy (non-hydrogen) atoms. The maximum absolute atomic E-state index is 6.27. The van der Waals surface area contributed by atoms with Crippen LogP contribution in [-0.2, 0) is 0 Å². The van der Waals surface area contributed by atoms with Crippen LogP contribution in [0.2, 0.25) is 0 Å². The normalized spacial score (nSPS) is 14.9. The fourth-order valence-corrected chi connectivity index (χ4v) is 2.79. The second-order valence-corrected chi connectivity index (χ2v) is 6.30. The van der Waals surface area contributed by atoms with Crippen LogP contribution in [0.5, 0.6) is 0 Å². The lowest BCUT2D eigenvalue weighted by Crippen LogP contribution is -2.23. The molecule has 0 fully saturated rings. The van der Waals surface area contributed by atoms with Gasteiger partial charge < -0.3 is 10.6 Å². The van der Waals surface area contributed by atoms with E-state index < -0.39 is 0 Å². The predicted octanol–water partition coefficient (Wildman–Crippen LogP) is 2.68. The summed E-state index contributed by atoms with van der Waals surface area (Å²) in [5.74, 6) is 1.13. The van der Waals surface area contributed by atoms with Crippen LogP contribution in [0.3, 0.4) is 0 Å². The van der Waals surface area contributed by atoms with Gasteiger partial charge in [-0.15, -0.1) is 0 Å². The monoisotopic (exact) mass is 252 g/mol. The maximum Gasteiger partial charge on any atom is 0.0412 e. The fraction of sp³-hybridized carbons (Fsp3) is 0.571. The van der Waals surface area contributed by atoms with Crippen LogP contribution in [0.15, 0.2) is 24.3 Å². The minimum Gasteiger partial charge on any atom is -0.323 e. The lowest BCUT2D eigenvalue weighted by Gasteiger charge is -2.21. The molecule has 2 N–H and O–H groups in total. The van der Waals surface area contributed by atoms with Gasteiger partial charge in [-0.2, -0.15) is 11.8 Å². The van der Waals surface area contributed by atoms with E-state index in [9.17, 15) is 0 Å². The molecule has 3 heteroatoms. The highest BCUT2D eigenvalue weighted by molar-refractivity contribution is 7.99. The van der Waals surface area contributed by atoms with Crippen molar-refractivity contribution in [3.8, 4) is 0 Å². The average Bonchev–Trinajstić information content (AvgIpc) is 2.28. The summed E-state index contributed by atoms with van der Waals surface area (Å²) in [4.78, 5) is 2.21. The third-order valence-electron chi connectivity index (χ3n) is 2.89. The first-order chi connectivity index (χ1) is 8.00. The van der Waals surface area contributed by atoms with Gasteiger partial charge in [0.1, 0.15) is 0 Å². The number of aryl methyl sites for hydroxylation is 1. The van der Waals surface area contributed by atoms with Crippen LogP contribution in [0, 0.1) is 6.92 Å². The first kappa shape index (κ1) is 14.6. The van der Waals surface area contributed by atoms with Crippen molar-refractivity contribution < 1.29 is 0 Å². The fourth-order valence-electron chi connectivity index (χ4n) is 1.58. The van der Waals surface area contributed by atoms with Crippen molar-refractivity contribution in [1.82, 2.24) is 4.90 Å². The van der Waals surface area contributed by atoms with Gasteiger partial charge in [-0.25, -0.2) is 0 Å². The second kappa shape index (κ2) is 7.04. The Bertz CT molecular complexity index is 321. The topological polar surface area (TPSA) is 29.3 Å². The Labute approximate surface area is 110 Å². The minimum atomic E-state index is 0.128.